The molecule has 2 unspecified atom stereocenters. The monoisotopic (exact) mass is 291 g/mol. The highest BCUT2D eigenvalue weighted by Gasteiger charge is 2.25. The van der Waals surface area contributed by atoms with Gasteiger partial charge in [-0.15, -0.1) is 0 Å². The molecule has 0 aliphatic carbocycles. The predicted octanol–water partition coefficient (Wildman–Crippen LogP) is 1.90. The van der Waals surface area contributed by atoms with Gasteiger partial charge in [0.2, 0.25) is 0 Å². The van der Waals surface area contributed by atoms with Gasteiger partial charge < -0.3 is 14.4 Å². The molecule has 0 radical (unpaired) electrons. The summed E-state index contributed by atoms with van der Waals surface area (Å²) in [5, 5.41) is 0. The van der Waals surface area contributed by atoms with Gasteiger partial charge in [0.15, 0.2) is 12.4 Å². The molecule has 1 aromatic rings. The topological polar surface area (TPSA) is 55.8 Å². The van der Waals surface area contributed by atoms with Gasteiger partial charge in [-0.2, -0.15) is 0 Å². The molecule has 1 aliphatic rings. The summed E-state index contributed by atoms with van der Waals surface area (Å²) in [6, 6.07) is 6.86. The zero-order valence-electron chi connectivity index (χ0n) is 12.7. The number of morpholine rings is 1. The maximum atomic E-state index is 12.2. The Kier molecular flexibility index (Phi) is 4.96. The number of ether oxygens (including phenoxy) is 2. The Morgan fingerprint density at radius 1 is 1.29 bits per heavy atom. The molecule has 0 bridgehead atoms. The summed E-state index contributed by atoms with van der Waals surface area (Å²) in [7, 11) is 0. The lowest BCUT2D eigenvalue weighted by Crippen LogP contribution is -2.49. The average Bonchev–Trinajstić information content (AvgIpc) is 2.44. The first-order valence-corrected chi connectivity index (χ1v) is 7.12. The molecule has 2 atom stereocenters. The van der Waals surface area contributed by atoms with Gasteiger partial charge in [-0.3, -0.25) is 9.59 Å². The second-order valence-electron chi connectivity index (χ2n) is 5.43. The predicted molar refractivity (Wildman–Crippen MR) is 78.5 cm³/mol. The van der Waals surface area contributed by atoms with Crippen molar-refractivity contribution in [2.24, 2.45) is 0 Å². The number of nitrogens with zero attached hydrogens (tertiary/aromatic N) is 1. The number of carbonyl (C=O) groups excluding carboxylic acids is 2. The van der Waals surface area contributed by atoms with Crippen LogP contribution in [0.3, 0.4) is 0 Å². The molecular formula is C16H21NO4. The van der Waals surface area contributed by atoms with Crippen molar-refractivity contribution in [3.8, 4) is 5.75 Å². The van der Waals surface area contributed by atoms with E-state index in [0.29, 0.717) is 24.4 Å². The lowest BCUT2D eigenvalue weighted by Gasteiger charge is -2.35. The van der Waals surface area contributed by atoms with Gasteiger partial charge in [-0.25, -0.2) is 0 Å². The number of Topliss-reactive ketones (excluding diaryl/α,β-unsaturated/α-hetero) is 1. The molecule has 2 rings (SSSR count). The Morgan fingerprint density at radius 2 is 1.95 bits per heavy atom. The third-order valence-electron chi connectivity index (χ3n) is 3.38. The van der Waals surface area contributed by atoms with Gasteiger partial charge >= 0.3 is 0 Å². The molecular weight excluding hydrogens is 270 g/mol. The van der Waals surface area contributed by atoms with Crippen LogP contribution < -0.4 is 4.74 Å². The highest BCUT2D eigenvalue weighted by atomic mass is 16.5. The van der Waals surface area contributed by atoms with Gasteiger partial charge in [0, 0.05) is 18.7 Å². The second kappa shape index (κ2) is 6.72. The first-order valence-electron chi connectivity index (χ1n) is 7.12. The fourth-order valence-electron chi connectivity index (χ4n) is 2.42. The lowest BCUT2D eigenvalue weighted by atomic mass is 10.1. The minimum Gasteiger partial charge on any atom is -0.484 e. The number of hydrogen-bond acceptors (Lipinski definition) is 4. The molecule has 5 nitrogen and oxygen atoms in total. The van der Waals surface area contributed by atoms with Crippen LogP contribution in [0.15, 0.2) is 24.3 Å². The molecule has 1 amide bonds. The smallest absolute Gasteiger partial charge is 0.260 e. The molecule has 0 saturated carbocycles. The molecule has 0 N–H and O–H groups in total. The van der Waals surface area contributed by atoms with Crippen LogP contribution in [0.2, 0.25) is 0 Å². The van der Waals surface area contributed by atoms with Crippen molar-refractivity contribution < 1.29 is 19.1 Å². The summed E-state index contributed by atoms with van der Waals surface area (Å²) in [6.07, 6.45) is 0.0810. The quantitative estimate of drug-likeness (QED) is 0.795. The Morgan fingerprint density at radius 3 is 2.57 bits per heavy atom. The van der Waals surface area contributed by atoms with Crippen LogP contribution in [-0.4, -0.2) is 48.5 Å². The third kappa shape index (κ3) is 4.29. The zero-order valence-corrected chi connectivity index (χ0v) is 12.7. The van der Waals surface area contributed by atoms with Crippen molar-refractivity contribution in [3.05, 3.63) is 29.8 Å². The van der Waals surface area contributed by atoms with Crippen LogP contribution in [0, 0.1) is 0 Å². The van der Waals surface area contributed by atoms with Gasteiger partial charge in [-0.05, 0) is 32.9 Å². The first-order chi connectivity index (χ1) is 9.95. The Hall–Kier alpha value is -1.88. The highest BCUT2D eigenvalue weighted by molar-refractivity contribution is 5.94. The molecule has 1 fully saturated rings. The molecule has 114 valence electrons. The van der Waals surface area contributed by atoms with E-state index in [9.17, 15) is 9.59 Å². The van der Waals surface area contributed by atoms with E-state index in [1.165, 1.54) is 6.92 Å². The molecule has 5 heteroatoms. The molecule has 1 saturated heterocycles. The van der Waals surface area contributed by atoms with E-state index in [1.54, 1.807) is 29.2 Å². The summed E-state index contributed by atoms with van der Waals surface area (Å²) in [4.78, 5) is 25.2. The molecule has 0 spiro atoms. The van der Waals surface area contributed by atoms with Crippen LogP contribution >= 0.6 is 0 Å². The Labute approximate surface area is 124 Å². The summed E-state index contributed by atoms with van der Waals surface area (Å²) in [5.74, 6) is 0.443. The summed E-state index contributed by atoms with van der Waals surface area (Å²) < 4.78 is 11.1. The Balaban J connectivity index is 1.92. The zero-order chi connectivity index (χ0) is 15.4. The van der Waals surface area contributed by atoms with E-state index >= 15 is 0 Å². The number of rotatable bonds is 4. The van der Waals surface area contributed by atoms with Crippen molar-refractivity contribution >= 4 is 11.7 Å². The van der Waals surface area contributed by atoms with Gasteiger partial charge in [0.25, 0.3) is 5.91 Å². The van der Waals surface area contributed by atoms with E-state index in [-0.39, 0.29) is 30.5 Å². The molecule has 1 aromatic carbocycles. The SMILES string of the molecule is CC(=O)c1cccc(OCC(=O)N2CC(C)OC(C)C2)c1. The van der Waals surface area contributed by atoms with Crippen molar-refractivity contribution in [2.45, 2.75) is 33.0 Å². The highest BCUT2D eigenvalue weighted by Crippen LogP contribution is 2.15. The van der Waals surface area contributed by atoms with E-state index in [4.69, 9.17) is 9.47 Å². The van der Waals surface area contributed by atoms with Crippen LogP contribution in [0.4, 0.5) is 0 Å². The maximum absolute atomic E-state index is 12.2. The van der Waals surface area contributed by atoms with Crippen molar-refractivity contribution in [1.82, 2.24) is 4.90 Å². The molecule has 0 aromatic heterocycles. The number of ketones is 1. The average molecular weight is 291 g/mol. The maximum Gasteiger partial charge on any atom is 0.260 e. The normalized spacial score (nSPS) is 22.0. The summed E-state index contributed by atoms with van der Waals surface area (Å²) in [6.45, 7) is 6.54. The second-order valence-corrected chi connectivity index (χ2v) is 5.43. The van der Waals surface area contributed by atoms with Crippen LogP contribution in [0.25, 0.3) is 0 Å². The van der Waals surface area contributed by atoms with E-state index in [2.05, 4.69) is 0 Å². The van der Waals surface area contributed by atoms with E-state index < -0.39 is 0 Å². The minimum absolute atomic E-state index is 0.0254. The fourth-order valence-corrected chi connectivity index (χ4v) is 2.42. The first kappa shape index (κ1) is 15.5. The third-order valence-corrected chi connectivity index (χ3v) is 3.38. The molecule has 1 heterocycles. The molecule has 1 aliphatic heterocycles. The minimum atomic E-state index is -0.0646. The largest absolute Gasteiger partial charge is 0.484 e. The number of hydrogen-bond donors (Lipinski definition) is 0. The van der Waals surface area contributed by atoms with E-state index in [0.717, 1.165) is 0 Å². The van der Waals surface area contributed by atoms with Gasteiger partial charge in [0.1, 0.15) is 5.75 Å². The van der Waals surface area contributed by atoms with Crippen LogP contribution in [0.1, 0.15) is 31.1 Å². The van der Waals surface area contributed by atoms with Crippen LogP contribution in [-0.2, 0) is 9.53 Å². The lowest BCUT2D eigenvalue weighted by molar-refractivity contribution is -0.145. The standard InChI is InChI=1S/C16H21NO4/c1-11-8-17(9-12(2)21-11)16(19)10-20-15-6-4-5-14(7-15)13(3)18/h4-7,11-12H,8-10H2,1-3H3. The van der Waals surface area contributed by atoms with Gasteiger partial charge in [0.05, 0.1) is 12.2 Å². The summed E-state index contributed by atoms with van der Waals surface area (Å²) >= 11 is 0. The van der Waals surface area contributed by atoms with Crippen molar-refractivity contribution in [2.75, 3.05) is 19.7 Å². The van der Waals surface area contributed by atoms with Gasteiger partial charge in [-0.1, -0.05) is 12.1 Å². The van der Waals surface area contributed by atoms with Crippen LogP contribution in [0.5, 0.6) is 5.75 Å². The van der Waals surface area contributed by atoms with Crippen molar-refractivity contribution in [3.63, 3.8) is 0 Å². The Bertz CT molecular complexity index is 519. The number of benzene rings is 1. The number of carbonyl (C=O) groups is 2. The number of amides is 1. The summed E-state index contributed by atoms with van der Waals surface area (Å²) in [5.41, 5.74) is 0.577. The van der Waals surface area contributed by atoms with E-state index in [1.807, 2.05) is 13.8 Å². The van der Waals surface area contributed by atoms with Crippen molar-refractivity contribution in [1.29, 1.82) is 0 Å². The fraction of sp³-hybridized carbons (Fsp3) is 0.500. The molecule has 21 heavy (non-hydrogen) atoms.